The molecule has 1 atom stereocenters. The monoisotopic (exact) mass is 263 g/mol. The molecular formula is C15H21NO3. The van der Waals surface area contributed by atoms with E-state index in [1.165, 1.54) is 0 Å². The summed E-state index contributed by atoms with van der Waals surface area (Å²) < 4.78 is 5.07. The van der Waals surface area contributed by atoms with Gasteiger partial charge in [-0.2, -0.15) is 0 Å². The van der Waals surface area contributed by atoms with E-state index in [0.717, 1.165) is 0 Å². The molecule has 0 aliphatic carbocycles. The van der Waals surface area contributed by atoms with Crippen LogP contribution >= 0.6 is 0 Å². The summed E-state index contributed by atoms with van der Waals surface area (Å²) in [5, 5.41) is 2.77. The van der Waals surface area contributed by atoms with Gasteiger partial charge in [0.25, 0.3) is 5.91 Å². The van der Waals surface area contributed by atoms with Crippen molar-refractivity contribution in [1.29, 1.82) is 0 Å². The quantitative estimate of drug-likeness (QED) is 0.802. The summed E-state index contributed by atoms with van der Waals surface area (Å²) in [6.45, 7) is 6.16. The van der Waals surface area contributed by atoms with Crippen LogP contribution in [-0.2, 0) is 9.53 Å². The number of carbonyl (C=O) groups is 2. The number of nitrogens with one attached hydrogen (secondary N) is 1. The summed E-state index contributed by atoms with van der Waals surface area (Å²) in [4.78, 5) is 23.3. The number of hydrogen-bond acceptors (Lipinski definition) is 3. The van der Waals surface area contributed by atoms with Gasteiger partial charge in [0.05, 0.1) is 13.0 Å². The van der Waals surface area contributed by atoms with E-state index in [2.05, 4.69) is 5.32 Å². The van der Waals surface area contributed by atoms with Gasteiger partial charge in [-0.25, -0.2) is 0 Å². The van der Waals surface area contributed by atoms with Gasteiger partial charge < -0.3 is 10.1 Å². The molecular weight excluding hydrogens is 242 g/mol. The molecule has 0 spiro atoms. The van der Waals surface area contributed by atoms with Gasteiger partial charge in [-0.15, -0.1) is 0 Å². The third kappa shape index (κ3) is 6.04. The molecule has 1 amide bonds. The summed E-state index contributed by atoms with van der Waals surface area (Å²) in [5.74, 6) is -0.141. The van der Waals surface area contributed by atoms with Gasteiger partial charge in [-0.3, -0.25) is 9.59 Å². The largest absolute Gasteiger partial charge is 0.465 e. The molecule has 0 fully saturated rings. The Labute approximate surface area is 114 Å². The molecule has 0 unspecified atom stereocenters. The van der Waals surface area contributed by atoms with Crippen molar-refractivity contribution in [3.8, 4) is 0 Å². The zero-order chi connectivity index (χ0) is 14.3. The first-order valence-corrected chi connectivity index (χ1v) is 6.50. The van der Waals surface area contributed by atoms with Gasteiger partial charge in [0.1, 0.15) is 0 Å². The molecule has 1 aromatic rings. The van der Waals surface area contributed by atoms with Crippen LogP contribution in [0.1, 0.15) is 37.6 Å². The molecule has 0 aliphatic heterocycles. The second-order valence-corrected chi connectivity index (χ2v) is 5.02. The van der Waals surface area contributed by atoms with E-state index in [9.17, 15) is 9.59 Å². The van der Waals surface area contributed by atoms with Crippen LogP contribution in [0.5, 0.6) is 0 Å². The molecule has 19 heavy (non-hydrogen) atoms. The van der Waals surface area contributed by atoms with Gasteiger partial charge in [-0.1, -0.05) is 32.0 Å². The minimum atomic E-state index is -0.283. The molecule has 1 aromatic carbocycles. The van der Waals surface area contributed by atoms with Crippen molar-refractivity contribution in [2.45, 2.75) is 33.2 Å². The molecule has 4 nitrogen and oxygen atoms in total. The van der Waals surface area contributed by atoms with E-state index >= 15 is 0 Å². The minimum Gasteiger partial charge on any atom is -0.465 e. The van der Waals surface area contributed by atoms with Crippen LogP contribution in [0.4, 0.5) is 0 Å². The lowest BCUT2D eigenvalue weighted by Crippen LogP contribution is -2.34. The van der Waals surface area contributed by atoms with Crippen LogP contribution in [0.25, 0.3) is 0 Å². The number of amides is 1. The fourth-order valence-electron chi connectivity index (χ4n) is 1.52. The Morgan fingerprint density at radius 1 is 1.16 bits per heavy atom. The van der Waals surface area contributed by atoms with E-state index in [1.807, 2.05) is 19.9 Å². The fraction of sp³-hybridized carbons (Fsp3) is 0.467. The van der Waals surface area contributed by atoms with E-state index in [4.69, 9.17) is 4.74 Å². The second kappa shape index (κ2) is 7.56. The molecule has 0 saturated heterocycles. The minimum absolute atomic E-state index is 0.176. The van der Waals surface area contributed by atoms with Crippen molar-refractivity contribution in [2.24, 2.45) is 5.92 Å². The van der Waals surface area contributed by atoms with Gasteiger partial charge in [-0.05, 0) is 25.0 Å². The smallest absolute Gasteiger partial charge is 0.307 e. The van der Waals surface area contributed by atoms with Crippen molar-refractivity contribution in [3.63, 3.8) is 0 Å². The molecule has 4 heteroatoms. The Hall–Kier alpha value is -1.84. The third-order valence-electron chi connectivity index (χ3n) is 2.46. The number of ether oxygens (including phenoxy) is 1. The van der Waals surface area contributed by atoms with Crippen LogP contribution in [0, 0.1) is 5.92 Å². The first-order valence-electron chi connectivity index (χ1n) is 6.50. The van der Waals surface area contributed by atoms with Gasteiger partial charge >= 0.3 is 5.97 Å². The lowest BCUT2D eigenvalue weighted by atomic mass is 10.2. The van der Waals surface area contributed by atoms with E-state index in [1.54, 1.807) is 31.2 Å². The van der Waals surface area contributed by atoms with Gasteiger partial charge in [0.2, 0.25) is 0 Å². The molecule has 1 N–H and O–H groups in total. The summed E-state index contributed by atoms with van der Waals surface area (Å²) in [6, 6.07) is 8.68. The predicted octanol–water partition coefficient (Wildman–Crippen LogP) is 2.39. The second-order valence-electron chi connectivity index (χ2n) is 5.02. The fourth-order valence-corrected chi connectivity index (χ4v) is 1.52. The summed E-state index contributed by atoms with van der Waals surface area (Å²) in [6.07, 6.45) is 0.186. The summed E-state index contributed by atoms with van der Waals surface area (Å²) in [7, 11) is 0. The number of benzene rings is 1. The zero-order valence-corrected chi connectivity index (χ0v) is 11.7. The predicted molar refractivity (Wildman–Crippen MR) is 73.8 cm³/mol. The van der Waals surface area contributed by atoms with Crippen molar-refractivity contribution in [1.82, 2.24) is 5.32 Å². The normalized spacial score (nSPS) is 12.0. The summed E-state index contributed by atoms with van der Waals surface area (Å²) >= 11 is 0. The van der Waals surface area contributed by atoms with E-state index in [0.29, 0.717) is 18.1 Å². The Kier molecular flexibility index (Phi) is 6.06. The average molecular weight is 263 g/mol. The maximum absolute atomic E-state index is 11.8. The highest BCUT2D eigenvalue weighted by Gasteiger charge is 2.14. The van der Waals surface area contributed by atoms with E-state index < -0.39 is 0 Å². The van der Waals surface area contributed by atoms with Crippen molar-refractivity contribution in [2.75, 3.05) is 6.61 Å². The Balaban J connectivity index is 2.37. The van der Waals surface area contributed by atoms with Crippen LogP contribution in [0.2, 0.25) is 0 Å². The number of carbonyl (C=O) groups excluding carboxylic acids is 2. The Bertz CT molecular complexity index is 415. The van der Waals surface area contributed by atoms with Crippen molar-refractivity contribution >= 4 is 11.9 Å². The average Bonchev–Trinajstić information content (AvgIpc) is 2.37. The van der Waals surface area contributed by atoms with E-state index in [-0.39, 0.29) is 24.3 Å². The molecule has 104 valence electrons. The first-order chi connectivity index (χ1) is 8.99. The Morgan fingerprint density at radius 3 is 2.37 bits per heavy atom. The standard InChI is InChI=1S/C15H21NO3/c1-11(2)10-19-14(17)9-12(3)16-15(18)13-7-5-4-6-8-13/h4-8,11-12H,9-10H2,1-3H3,(H,16,18)/t12-/m1/s1. The van der Waals surface area contributed by atoms with Crippen molar-refractivity contribution in [3.05, 3.63) is 35.9 Å². The lowest BCUT2D eigenvalue weighted by molar-refractivity contribution is -0.145. The van der Waals surface area contributed by atoms with Crippen LogP contribution in [0.3, 0.4) is 0 Å². The molecule has 0 aliphatic rings. The number of esters is 1. The molecule has 0 radical (unpaired) electrons. The highest BCUT2D eigenvalue weighted by Crippen LogP contribution is 2.02. The van der Waals surface area contributed by atoms with Crippen molar-refractivity contribution < 1.29 is 14.3 Å². The highest BCUT2D eigenvalue weighted by atomic mass is 16.5. The number of hydrogen-bond donors (Lipinski definition) is 1. The SMILES string of the molecule is CC(C)COC(=O)C[C@@H](C)NC(=O)c1ccccc1. The summed E-state index contributed by atoms with van der Waals surface area (Å²) in [5.41, 5.74) is 0.588. The van der Waals surface area contributed by atoms with Gasteiger partial charge in [0.15, 0.2) is 0 Å². The van der Waals surface area contributed by atoms with Gasteiger partial charge in [0, 0.05) is 11.6 Å². The van der Waals surface area contributed by atoms with Crippen LogP contribution in [-0.4, -0.2) is 24.5 Å². The van der Waals surface area contributed by atoms with Crippen LogP contribution in [0.15, 0.2) is 30.3 Å². The molecule has 0 bridgehead atoms. The third-order valence-corrected chi connectivity index (χ3v) is 2.46. The highest BCUT2D eigenvalue weighted by molar-refractivity contribution is 5.94. The van der Waals surface area contributed by atoms with Crippen LogP contribution < -0.4 is 5.32 Å². The maximum atomic E-state index is 11.8. The molecule has 0 heterocycles. The maximum Gasteiger partial charge on any atom is 0.307 e. The topological polar surface area (TPSA) is 55.4 Å². The zero-order valence-electron chi connectivity index (χ0n) is 11.7. The molecule has 0 saturated carbocycles. The molecule has 0 aromatic heterocycles. The Morgan fingerprint density at radius 2 is 1.79 bits per heavy atom. The number of rotatable bonds is 6. The lowest BCUT2D eigenvalue weighted by Gasteiger charge is -2.14. The molecule has 1 rings (SSSR count). The first kappa shape index (κ1) is 15.2.